The van der Waals surface area contributed by atoms with Gasteiger partial charge in [0.15, 0.2) is 0 Å². The molecule has 0 saturated heterocycles. The molecule has 2 saturated carbocycles. The average Bonchev–Trinajstić information content (AvgIpc) is 2.98. The molecule has 2 aliphatic rings. The van der Waals surface area contributed by atoms with Crippen molar-refractivity contribution in [3.63, 3.8) is 0 Å². The smallest absolute Gasteiger partial charge is 0.0124 e. The van der Waals surface area contributed by atoms with Crippen LogP contribution in [0.5, 0.6) is 0 Å². The van der Waals surface area contributed by atoms with Crippen LogP contribution < -0.4 is 11.1 Å². The highest BCUT2D eigenvalue weighted by molar-refractivity contribution is 4.96. The number of hydrogen-bond acceptors (Lipinski definition) is 2. The summed E-state index contributed by atoms with van der Waals surface area (Å²) in [5.41, 5.74) is 5.98. The molecule has 0 aromatic carbocycles. The lowest BCUT2D eigenvalue weighted by Gasteiger charge is -2.21. The van der Waals surface area contributed by atoms with Gasteiger partial charge >= 0.3 is 0 Å². The maximum absolute atomic E-state index is 5.97. The minimum atomic E-state index is 0.0103. The van der Waals surface area contributed by atoms with Gasteiger partial charge in [-0.15, -0.1) is 0 Å². The Morgan fingerprint density at radius 3 is 2.13 bits per heavy atom. The number of hydrogen-bond donors (Lipinski definition) is 2. The summed E-state index contributed by atoms with van der Waals surface area (Å²) in [5.74, 6) is 2.03. The second kappa shape index (κ2) is 4.42. The Bertz CT molecular complexity index is 187. The van der Waals surface area contributed by atoms with Crippen molar-refractivity contribution in [2.75, 3.05) is 6.54 Å². The van der Waals surface area contributed by atoms with Crippen molar-refractivity contribution < 1.29 is 0 Å². The second-order valence-electron chi connectivity index (χ2n) is 6.25. The van der Waals surface area contributed by atoms with E-state index in [1.807, 2.05) is 0 Å². The normalized spacial score (nSPS) is 22.4. The van der Waals surface area contributed by atoms with Gasteiger partial charge in [0.1, 0.15) is 0 Å². The lowest BCUT2D eigenvalue weighted by Crippen LogP contribution is -2.36. The lowest BCUT2D eigenvalue weighted by molar-refractivity contribution is 0.389. The first-order valence-corrected chi connectivity index (χ1v) is 6.58. The molecule has 2 aliphatic carbocycles. The van der Waals surface area contributed by atoms with E-state index in [-0.39, 0.29) is 5.54 Å². The van der Waals surface area contributed by atoms with Gasteiger partial charge in [-0.25, -0.2) is 0 Å². The minimum Gasteiger partial charge on any atom is -0.326 e. The van der Waals surface area contributed by atoms with E-state index in [1.165, 1.54) is 32.1 Å². The molecule has 2 nitrogen and oxygen atoms in total. The summed E-state index contributed by atoms with van der Waals surface area (Å²) in [7, 11) is 0. The highest BCUT2D eigenvalue weighted by Gasteiger charge is 2.40. The van der Waals surface area contributed by atoms with Crippen LogP contribution in [0, 0.1) is 11.8 Å². The average molecular weight is 210 g/mol. The maximum Gasteiger partial charge on any atom is 0.0124 e. The molecule has 0 atom stereocenters. The van der Waals surface area contributed by atoms with Crippen molar-refractivity contribution in [3.05, 3.63) is 0 Å². The van der Waals surface area contributed by atoms with Crippen LogP contribution in [-0.2, 0) is 0 Å². The Hall–Kier alpha value is -0.0800. The van der Waals surface area contributed by atoms with E-state index in [9.17, 15) is 0 Å². The summed E-state index contributed by atoms with van der Waals surface area (Å²) in [5, 5.41) is 3.76. The topological polar surface area (TPSA) is 38.0 Å². The Kier molecular flexibility index (Phi) is 3.36. The predicted octanol–water partition coefficient (Wildman–Crippen LogP) is 2.28. The molecular formula is C13H26N2. The quantitative estimate of drug-likeness (QED) is 0.633. The van der Waals surface area contributed by atoms with Gasteiger partial charge in [0.25, 0.3) is 0 Å². The largest absolute Gasteiger partial charge is 0.326 e. The Morgan fingerprint density at radius 1 is 1.20 bits per heavy atom. The second-order valence-corrected chi connectivity index (χ2v) is 6.25. The summed E-state index contributed by atoms with van der Waals surface area (Å²) in [6, 6.07) is 0.853. The molecular weight excluding hydrogens is 184 g/mol. The van der Waals surface area contributed by atoms with E-state index < -0.39 is 0 Å². The monoisotopic (exact) mass is 210 g/mol. The van der Waals surface area contributed by atoms with Crippen molar-refractivity contribution >= 4 is 0 Å². The first-order chi connectivity index (χ1) is 7.06. The molecule has 3 N–H and O–H groups in total. The van der Waals surface area contributed by atoms with Gasteiger partial charge in [-0.05, 0) is 70.8 Å². The fourth-order valence-corrected chi connectivity index (χ4v) is 2.44. The van der Waals surface area contributed by atoms with Crippen LogP contribution in [0.2, 0.25) is 0 Å². The zero-order valence-corrected chi connectivity index (χ0v) is 10.3. The Morgan fingerprint density at radius 2 is 1.73 bits per heavy atom. The molecule has 2 fully saturated rings. The minimum absolute atomic E-state index is 0.0103. The fraction of sp³-hybridized carbons (Fsp3) is 1.00. The van der Waals surface area contributed by atoms with Gasteiger partial charge < -0.3 is 11.1 Å². The molecule has 0 bridgehead atoms. The summed E-state index contributed by atoms with van der Waals surface area (Å²) >= 11 is 0. The number of nitrogens with one attached hydrogen (secondary N) is 1. The predicted molar refractivity (Wildman–Crippen MR) is 64.7 cm³/mol. The van der Waals surface area contributed by atoms with Gasteiger partial charge in [-0.3, -0.25) is 0 Å². The molecule has 0 radical (unpaired) electrons. The lowest BCUT2D eigenvalue weighted by atomic mass is 10.00. The van der Waals surface area contributed by atoms with Crippen LogP contribution in [0.1, 0.15) is 52.4 Å². The molecule has 0 aromatic heterocycles. The first kappa shape index (κ1) is 11.4. The van der Waals surface area contributed by atoms with Gasteiger partial charge in [0.2, 0.25) is 0 Å². The standard InChI is InChI=1S/C13H26N2/c1-13(2,14)8-3-9-15-12(10-4-5-10)11-6-7-11/h10-12,15H,3-9,14H2,1-2H3. The van der Waals surface area contributed by atoms with Crippen molar-refractivity contribution in [1.29, 1.82) is 0 Å². The first-order valence-electron chi connectivity index (χ1n) is 6.58. The van der Waals surface area contributed by atoms with Crippen LogP contribution in [0.3, 0.4) is 0 Å². The highest BCUT2D eigenvalue weighted by Crippen LogP contribution is 2.44. The van der Waals surface area contributed by atoms with Crippen molar-refractivity contribution in [2.45, 2.75) is 64.0 Å². The molecule has 2 rings (SSSR count). The van der Waals surface area contributed by atoms with Crippen LogP contribution >= 0.6 is 0 Å². The molecule has 0 aliphatic heterocycles. The Labute approximate surface area is 94.0 Å². The highest BCUT2D eigenvalue weighted by atomic mass is 14.9. The van der Waals surface area contributed by atoms with E-state index in [0.29, 0.717) is 0 Å². The number of nitrogens with two attached hydrogens (primary N) is 1. The maximum atomic E-state index is 5.97. The summed E-state index contributed by atoms with van der Waals surface area (Å²) in [6.45, 7) is 5.40. The van der Waals surface area contributed by atoms with E-state index in [2.05, 4.69) is 19.2 Å². The van der Waals surface area contributed by atoms with E-state index in [1.54, 1.807) is 0 Å². The zero-order chi connectivity index (χ0) is 10.9. The fourth-order valence-electron chi connectivity index (χ4n) is 2.44. The van der Waals surface area contributed by atoms with Crippen LogP contribution in [0.15, 0.2) is 0 Å². The Balaban J connectivity index is 1.59. The van der Waals surface area contributed by atoms with Gasteiger partial charge in [-0.2, -0.15) is 0 Å². The van der Waals surface area contributed by atoms with E-state index in [4.69, 9.17) is 5.73 Å². The zero-order valence-electron chi connectivity index (χ0n) is 10.3. The molecule has 15 heavy (non-hydrogen) atoms. The van der Waals surface area contributed by atoms with Crippen LogP contribution in [0.25, 0.3) is 0 Å². The van der Waals surface area contributed by atoms with E-state index >= 15 is 0 Å². The molecule has 88 valence electrons. The molecule has 0 aromatic rings. The van der Waals surface area contributed by atoms with E-state index in [0.717, 1.165) is 30.8 Å². The molecule has 0 heterocycles. The third kappa shape index (κ3) is 4.12. The summed E-state index contributed by atoms with van der Waals surface area (Å²) in [6.07, 6.45) is 8.22. The number of rotatable bonds is 7. The van der Waals surface area contributed by atoms with Crippen molar-refractivity contribution in [3.8, 4) is 0 Å². The summed E-state index contributed by atoms with van der Waals surface area (Å²) in [4.78, 5) is 0. The van der Waals surface area contributed by atoms with Crippen LogP contribution in [-0.4, -0.2) is 18.1 Å². The molecule has 2 heteroatoms. The molecule has 0 unspecified atom stereocenters. The molecule has 0 spiro atoms. The third-order valence-electron chi connectivity index (χ3n) is 3.64. The molecule has 0 amide bonds. The summed E-state index contributed by atoms with van der Waals surface area (Å²) < 4.78 is 0. The van der Waals surface area contributed by atoms with Gasteiger partial charge in [0.05, 0.1) is 0 Å². The van der Waals surface area contributed by atoms with Crippen molar-refractivity contribution in [2.24, 2.45) is 17.6 Å². The van der Waals surface area contributed by atoms with Crippen molar-refractivity contribution in [1.82, 2.24) is 5.32 Å². The third-order valence-corrected chi connectivity index (χ3v) is 3.64. The van der Waals surface area contributed by atoms with Gasteiger partial charge in [-0.1, -0.05) is 0 Å². The van der Waals surface area contributed by atoms with Crippen LogP contribution in [0.4, 0.5) is 0 Å². The van der Waals surface area contributed by atoms with Gasteiger partial charge in [0, 0.05) is 11.6 Å². The SMILES string of the molecule is CC(C)(N)CCCNC(C1CC1)C1CC1.